The van der Waals surface area contributed by atoms with Crippen molar-refractivity contribution in [2.75, 3.05) is 18.0 Å². The highest BCUT2D eigenvalue weighted by Gasteiger charge is 2.28. The Morgan fingerprint density at radius 1 is 1.40 bits per heavy atom. The van der Waals surface area contributed by atoms with Crippen LogP contribution >= 0.6 is 23.2 Å². The Balaban J connectivity index is 2.38. The molecule has 1 atom stereocenters. The lowest BCUT2D eigenvalue weighted by Gasteiger charge is -2.33. The minimum Gasteiger partial charge on any atom is -0.365 e. The summed E-state index contributed by atoms with van der Waals surface area (Å²) in [4.78, 5) is 24.0. The number of carbonyl (C=O) groups is 1. The highest BCUT2D eigenvalue weighted by atomic mass is 35.5. The molecule has 0 N–H and O–H groups in total. The van der Waals surface area contributed by atoms with Crippen LogP contribution in [0.25, 0.3) is 0 Å². The van der Waals surface area contributed by atoms with Crippen LogP contribution < -0.4 is 4.90 Å². The molecule has 0 radical (unpaired) electrons. The molecule has 1 aliphatic heterocycles. The number of rotatable bonds is 3. The highest BCUT2D eigenvalue weighted by molar-refractivity contribution is 6.42. The molecule has 2 rings (SSSR count). The number of carbonyl (C=O) groups excluding carboxylic acids is 1. The van der Waals surface area contributed by atoms with Crippen molar-refractivity contribution in [2.45, 2.75) is 19.8 Å². The summed E-state index contributed by atoms with van der Waals surface area (Å²) in [5.41, 5.74) is 0.346. The van der Waals surface area contributed by atoms with E-state index in [4.69, 9.17) is 23.2 Å². The van der Waals surface area contributed by atoms with E-state index in [-0.39, 0.29) is 27.4 Å². The lowest BCUT2D eigenvalue weighted by molar-refractivity contribution is -0.384. The van der Waals surface area contributed by atoms with Crippen LogP contribution in [0.5, 0.6) is 0 Å². The van der Waals surface area contributed by atoms with E-state index in [1.54, 1.807) is 6.92 Å². The van der Waals surface area contributed by atoms with E-state index < -0.39 is 4.92 Å². The topological polar surface area (TPSA) is 63.5 Å². The predicted molar refractivity (Wildman–Crippen MR) is 78.7 cm³/mol. The normalized spacial score (nSPS) is 18.9. The van der Waals surface area contributed by atoms with E-state index in [1.165, 1.54) is 12.1 Å². The van der Waals surface area contributed by atoms with E-state index in [2.05, 4.69) is 0 Å². The van der Waals surface area contributed by atoms with Gasteiger partial charge in [-0.05, 0) is 25.8 Å². The minimum atomic E-state index is -0.477. The van der Waals surface area contributed by atoms with Crippen LogP contribution in [-0.2, 0) is 4.79 Å². The Labute approximate surface area is 126 Å². The van der Waals surface area contributed by atoms with E-state index >= 15 is 0 Å². The second-order valence-corrected chi connectivity index (χ2v) is 5.72. The van der Waals surface area contributed by atoms with E-state index in [0.29, 0.717) is 18.8 Å². The number of hydrogen-bond donors (Lipinski definition) is 0. The second kappa shape index (κ2) is 5.97. The molecule has 20 heavy (non-hydrogen) atoms. The zero-order valence-corrected chi connectivity index (χ0v) is 12.4. The monoisotopic (exact) mass is 316 g/mol. The third-order valence-corrected chi connectivity index (χ3v) is 4.27. The summed E-state index contributed by atoms with van der Waals surface area (Å²) >= 11 is 11.8. The molecule has 1 saturated heterocycles. The van der Waals surface area contributed by atoms with Gasteiger partial charge in [-0.2, -0.15) is 0 Å². The zero-order chi connectivity index (χ0) is 14.9. The fraction of sp³-hybridized carbons (Fsp3) is 0.462. The molecule has 5 nitrogen and oxygen atoms in total. The van der Waals surface area contributed by atoms with Crippen LogP contribution in [0, 0.1) is 16.0 Å². The third kappa shape index (κ3) is 3.04. The Bertz CT molecular complexity index is 563. The van der Waals surface area contributed by atoms with Gasteiger partial charge in [0, 0.05) is 25.1 Å². The number of nitro benzene ring substituents is 1. The quantitative estimate of drug-likeness (QED) is 0.630. The van der Waals surface area contributed by atoms with E-state index in [9.17, 15) is 14.9 Å². The zero-order valence-electron chi connectivity index (χ0n) is 10.9. The van der Waals surface area contributed by atoms with Gasteiger partial charge in [0.25, 0.3) is 5.69 Å². The fourth-order valence-electron chi connectivity index (χ4n) is 2.45. The molecule has 108 valence electrons. The van der Waals surface area contributed by atoms with Gasteiger partial charge in [0.1, 0.15) is 11.5 Å². The molecule has 1 fully saturated rings. The van der Waals surface area contributed by atoms with E-state index in [0.717, 1.165) is 12.8 Å². The average Bonchev–Trinajstić information content (AvgIpc) is 2.41. The smallest absolute Gasteiger partial charge is 0.294 e. The highest BCUT2D eigenvalue weighted by Crippen LogP contribution is 2.37. The van der Waals surface area contributed by atoms with Gasteiger partial charge in [-0.25, -0.2) is 0 Å². The molecule has 0 saturated carbocycles. The molecule has 7 heteroatoms. The van der Waals surface area contributed by atoms with Crippen molar-refractivity contribution in [1.29, 1.82) is 0 Å². The van der Waals surface area contributed by atoms with Crippen molar-refractivity contribution >= 4 is 40.4 Å². The maximum atomic E-state index is 11.5. The maximum Gasteiger partial charge on any atom is 0.294 e. The Hall–Kier alpha value is -1.33. The van der Waals surface area contributed by atoms with Gasteiger partial charge in [0.05, 0.1) is 15.0 Å². The number of Topliss-reactive ketones (excluding diaryl/α,β-unsaturated/α-hetero) is 1. The molecule has 1 aromatic carbocycles. The van der Waals surface area contributed by atoms with Crippen molar-refractivity contribution in [3.05, 3.63) is 32.3 Å². The molecular weight excluding hydrogens is 303 g/mol. The van der Waals surface area contributed by atoms with Crippen LogP contribution in [0.3, 0.4) is 0 Å². The van der Waals surface area contributed by atoms with Crippen molar-refractivity contribution in [2.24, 2.45) is 5.92 Å². The lowest BCUT2D eigenvalue weighted by Crippen LogP contribution is -2.38. The third-order valence-electron chi connectivity index (χ3n) is 3.55. The summed E-state index contributed by atoms with van der Waals surface area (Å²) in [6, 6.07) is 2.77. The van der Waals surface area contributed by atoms with Crippen molar-refractivity contribution in [3.8, 4) is 0 Å². The number of benzene rings is 1. The summed E-state index contributed by atoms with van der Waals surface area (Å²) in [7, 11) is 0. The number of piperidine rings is 1. The SMILES string of the molecule is CC(=O)C1CCCN(c2cc(Cl)c(Cl)cc2[N+](=O)[O-])C1. The molecule has 0 aromatic heterocycles. The van der Waals surface area contributed by atoms with Gasteiger partial charge >= 0.3 is 0 Å². The van der Waals surface area contributed by atoms with Gasteiger partial charge in [0.2, 0.25) is 0 Å². The fourth-order valence-corrected chi connectivity index (χ4v) is 2.77. The minimum absolute atomic E-state index is 0.0800. The number of ketones is 1. The Morgan fingerprint density at radius 2 is 2.05 bits per heavy atom. The van der Waals surface area contributed by atoms with Gasteiger partial charge in [-0.1, -0.05) is 23.2 Å². The largest absolute Gasteiger partial charge is 0.365 e. The van der Waals surface area contributed by atoms with Gasteiger partial charge < -0.3 is 4.90 Å². The molecule has 0 bridgehead atoms. The van der Waals surface area contributed by atoms with Crippen LogP contribution in [0.1, 0.15) is 19.8 Å². The summed E-state index contributed by atoms with van der Waals surface area (Å²) in [5.74, 6) is 0.0234. The summed E-state index contributed by atoms with van der Waals surface area (Å²) in [6.07, 6.45) is 1.64. The van der Waals surface area contributed by atoms with Crippen molar-refractivity contribution < 1.29 is 9.72 Å². The molecule has 1 heterocycles. The van der Waals surface area contributed by atoms with Crippen molar-refractivity contribution in [3.63, 3.8) is 0 Å². The molecule has 1 aromatic rings. The number of anilines is 1. The average molecular weight is 317 g/mol. The molecule has 1 unspecified atom stereocenters. The first kappa shape index (κ1) is 15.1. The number of nitro groups is 1. The molecule has 0 amide bonds. The summed E-state index contributed by atoms with van der Waals surface area (Å²) in [5, 5.41) is 11.6. The van der Waals surface area contributed by atoms with E-state index in [1.807, 2.05) is 4.90 Å². The first-order valence-electron chi connectivity index (χ1n) is 6.29. The van der Waals surface area contributed by atoms with Crippen LogP contribution in [0.4, 0.5) is 11.4 Å². The van der Waals surface area contributed by atoms with Crippen LogP contribution in [0.15, 0.2) is 12.1 Å². The Kier molecular flexibility index (Phi) is 4.50. The van der Waals surface area contributed by atoms with Crippen LogP contribution in [-0.4, -0.2) is 23.8 Å². The van der Waals surface area contributed by atoms with Gasteiger partial charge in [-0.15, -0.1) is 0 Å². The predicted octanol–water partition coefficient (Wildman–Crippen LogP) is 3.71. The summed E-state index contributed by atoms with van der Waals surface area (Å²) < 4.78 is 0. The van der Waals surface area contributed by atoms with Gasteiger partial charge in [-0.3, -0.25) is 14.9 Å². The van der Waals surface area contributed by atoms with Crippen molar-refractivity contribution in [1.82, 2.24) is 0 Å². The first-order chi connectivity index (χ1) is 9.40. The molecule has 0 aliphatic carbocycles. The lowest BCUT2D eigenvalue weighted by atomic mass is 9.94. The number of nitrogens with zero attached hydrogens (tertiary/aromatic N) is 2. The van der Waals surface area contributed by atoms with Crippen LogP contribution in [0.2, 0.25) is 10.0 Å². The second-order valence-electron chi connectivity index (χ2n) is 4.91. The number of halogens is 2. The standard InChI is InChI=1S/C13H14Cl2N2O3/c1-8(18)9-3-2-4-16(7-9)12-5-10(14)11(15)6-13(12)17(19)20/h5-6,9H,2-4,7H2,1H3. The molecule has 1 aliphatic rings. The maximum absolute atomic E-state index is 11.5. The summed E-state index contributed by atoms with van der Waals surface area (Å²) in [6.45, 7) is 2.70. The molecule has 0 spiro atoms. The molecular formula is C13H14Cl2N2O3. The van der Waals surface area contributed by atoms with Gasteiger partial charge in [0.15, 0.2) is 0 Å². The number of hydrogen-bond acceptors (Lipinski definition) is 4. The first-order valence-corrected chi connectivity index (χ1v) is 7.04. The Morgan fingerprint density at radius 3 is 2.65 bits per heavy atom.